The zero-order chi connectivity index (χ0) is 13.2. The molecule has 0 amide bonds. The topological polar surface area (TPSA) is 20.3 Å². The molecule has 0 atom stereocenters. The molecule has 1 aliphatic rings. The molecule has 19 heavy (non-hydrogen) atoms. The highest BCUT2D eigenvalue weighted by Gasteiger charge is 2.16. The molecule has 0 spiro atoms. The molecule has 2 aromatic rings. The van der Waals surface area contributed by atoms with Crippen LogP contribution in [0.3, 0.4) is 0 Å². The predicted octanol–water partition coefficient (Wildman–Crippen LogP) is 3.45. The largest absolute Gasteiger partial charge is 0.367 e. The van der Waals surface area contributed by atoms with E-state index in [0.29, 0.717) is 0 Å². The van der Waals surface area contributed by atoms with Crippen molar-refractivity contribution in [1.29, 1.82) is 0 Å². The van der Waals surface area contributed by atoms with Gasteiger partial charge in [0.05, 0.1) is 0 Å². The Kier molecular flexibility index (Phi) is 3.08. The average molecular weight is 251 g/mol. The van der Waals surface area contributed by atoms with Crippen molar-refractivity contribution in [1.82, 2.24) is 0 Å². The van der Waals surface area contributed by atoms with E-state index in [4.69, 9.17) is 0 Å². The molecule has 0 aliphatic carbocycles. The van der Waals surface area contributed by atoms with Gasteiger partial charge >= 0.3 is 0 Å². The monoisotopic (exact) mass is 251 g/mol. The smallest absolute Gasteiger partial charge is 0.159 e. The van der Waals surface area contributed by atoms with Crippen molar-refractivity contribution < 1.29 is 4.79 Å². The standard InChI is InChI=1S/C17H17NO/c1-13(19)15-7-4-8-17(11-15)18-10-9-14-5-2-3-6-16(14)12-18/h2-8,11H,9-10,12H2,1H3. The first-order valence-electron chi connectivity index (χ1n) is 6.67. The van der Waals surface area contributed by atoms with Gasteiger partial charge < -0.3 is 4.90 Å². The highest BCUT2D eigenvalue weighted by atomic mass is 16.1. The molecule has 0 bridgehead atoms. The number of anilines is 1. The van der Waals surface area contributed by atoms with E-state index in [0.717, 1.165) is 30.8 Å². The average Bonchev–Trinajstić information content (AvgIpc) is 2.47. The van der Waals surface area contributed by atoms with Gasteiger partial charge in [0.15, 0.2) is 5.78 Å². The summed E-state index contributed by atoms with van der Waals surface area (Å²) in [6, 6.07) is 16.5. The van der Waals surface area contributed by atoms with Gasteiger partial charge in [-0.2, -0.15) is 0 Å². The van der Waals surface area contributed by atoms with Crippen molar-refractivity contribution in [3.8, 4) is 0 Å². The van der Waals surface area contributed by atoms with Crippen LogP contribution in [0.1, 0.15) is 28.4 Å². The molecular weight excluding hydrogens is 234 g/mol. The van der Waals surface area contributed by atoms with Crippen molar-refractivity contribution >= 4 is 11.5 Å². The normalized spacial score (nSPS) is 14.1. The molecule has 0 N–H and O–H groups in total. The van der Waals surface area contributed by atoms with Gasteiger partial charge in [-0.05, 0) is 36.6 Å². The molecule has 0 aromatic heterocycles. The Balaban J connectivity index is 1.89. The van der Waals surface area contributed by atoms with E-state index in [1.807, 2.05) is 18.2 Å². The van der Waals surface area contributed by atoms with E-state index < -0.39 is 0 Å². The molecule has 0 fully saturated rings. The van der Waals surface area contributed by atoms with Crippen molar-refractivity contribution in [2.75, 3.05) is 11.4 Å². The maximum Gasteiger partial charge on any atom is 0.159 e. The van der Waals surface area contributed by atoms with E-state index in [1.54, 1.807) is 6.92 Å². The van der Waals surface area contributed by atoms with E-state index in [2.05, 4.69) is 35.2 Å². The summed E-state index contributed by atoms with van der Waals surface area (Å²) in [6.45, 7) is 3.56. The third-order valence-electron chi connectivity index (χ3n) is 3.75. The van der Waals surface area contributed by atoms with Gasteiger partial charge in [0, 0.05) is 24.3 Å². The van der Waals surface area contributed by atoms with E-state index >= 15 is 0 Å². The Morgan fingerprint density at radius 3 is 2.63 bits per heavy atom. The molecule has 0 saturated carbocycles. The number of ketones is 1. The van der Waals surface area contributed by atoms with E-state index in [9.17, 15) is 4.79 Å². The summed E-state index contributed by atoms with van der Waals surface area (Å²) in [5, 5.41) is 0. The number of hydrogen-bond acceptors (Lipinski definition) is 2. The predicted molar refractivity (Wildman–Crippen MR) is 77.6 cm³/mol. The van der Waals surface area contributed by atoms with E-state index in [-0.39, 0.29) is 5.78 Å². The minimum Gasteiger partial charge on any atom is -0.367 e. The molecular formula is C17H17NO. The lowest BCUT2D eigenvalue weighted by molar-refractivity contribution is 0.101. The summed E-state index contributed by atoms with van der Waals surface area (Å²) in [5.74, 6) is 0.124. The summed E-state index contributed by atoms with van der Waals surface area (Å²) in [5.41, 5.74) is 4.77. The molecule has 2 aromatic carbocycles. The lowest BCUT2D eigenvalue weighted by Crippen LogP contribution is -2.30. The fourth-order valence-electron chi connectivity index (χ4n) is 2.64. The van der Waals surface area contributed by atoms with Crippen LogP contribution in [0, 0.1) is 0 Å². The van der Waals surface area contributed by atoms with Crippen molar-refractivity contribution in [2.24, 2.45) is 0 Å². The molecule has 3 rings (SSSR count). The maximum absolute atomic E-state index is 11.5. The summed E-state index contributed by atoms with van der Waals surface area (Å²) in [7, 11) is 0. The van der Waals surface area contributed by atoms with Gasteiger partial charge in [-0.15, -0.1) is 0 Å². The van der Waals surface area contributed by atoms with Crippen LogP contribution in [0.25, 0.3) is 0 Å². The number of Topliss-reactive ketones (excluding diaryl/α,β-unsaturated/α-hetero) is 1. The fourth-order valence-corrected chi connectivity index (χ4v) is 2.64. The number of carbonyl (C=O) groups is 1. The number of carbonyl (C=O) groups excluding carboxylic acids is 1. The van der Waals surface area contributed by atoms with Gasteiger partial charge in [0.25, 0.3) is 0 Å². The lowest BCUT2D eigenvalue weighted by Gasteiger charge is -2.31. The van der Waals surface area contributed by atoms with Crippen LogP contribution < -0.4 is 4.90 Å². The minimum absolute atomic E-state index is 0.124. The molecule has 96 valence electrons. The first-order chi connectivity index (χ1) is 9.24. The third kappa shape index (κ3) is 2.39. The zero-order valence-electron chi connectivity index (χ0n) is 11.1. The van der Waals surface area contributed by atoms with Crippen molar-refractivity contribution in [3.63, 3.8) is 0 Å². The maximum atomic E-state index is 11.5. The Morgan fingerprint density at radius 1 is 1.05 bits per heavy atom. The van der Waals surface area contributed by atoms with Crippen molar-refractivity contribution in [2.45, 2.75) is 19.9 Å². The van der Waals surface area contributed by atoms with Gasteiger partial charge in [-0.25, -0.2) is 0 Å². The number of nitrogens with zero attached hydrogens (tertiary/aromatic N) is 1. The zero-order valence-corrected chi connectivity index (χ0v) is 11.1. The number of rotatable bonds is 2. The number of benzene rings is 2. The van der Waals surface area contributed by atoms with Gasteiger partial charge in [-0.1, -0.05) is 36.4 Å². The second-order valence-electron chi connectivity index (χ2n) is 5.05. The fraction of sp³-hybridized carbons (Fsp3) is 0.235. The summed E-state index contributed by atoms with van der Waals surface area (Å²) >= 11 is 0. The second-order valence-corrected chi connectivity index (χ2v) is 5.05. The Labute approximate surface area is 113 Å². The quantitative estimate of drug-likeness (QED) is 0.762. The van der Waals surface area contributed by atoms with Crippen molar-refractivity contribution in [3.05, 3.63) is 65.2 Å². The van der Waals surface area contributed by atoms with Crippen LogP contribution in [0.5, 0.6) is 0 Å². The number of fused-ring (bicyclic) bond motifs is 1. The summed E-state index contributed by atoms with van der Waals surface area (Å²) in [4.78, 5) is 13.8. The highest BCUT2D eigenvalue weighted by Crippen LogP contribution is 2.25. The summed E-state index contributed by atoms with van der Waals surface area (Å²) < 4.78 is 0. The Hall–Kier alpha value is -2.09. The van der Waals surface area contributed by atoms with Crippen LogP contribution in [0.15, 0.2) is 48.5 Å². The molecule has 0 saturated heterocycles. The van der Waals surface area contributed by atoms with Gasteiger partial charge in [-0.3, -0.25) is 4.79 Å². The van der Waals surface area contributed by atoms with Crippen LogP contribution in [0.4, 0.5) is 5.69 Å². The van der Waals surface area contributed by atoms with Crippen LogP contribution in [-0.4, -0.2) is 12.3 Å². The molecule has 0 unspecified atom stereocenters. The molecule has 2 heteroatoms. The summed E-state index contributed by atoms with van der Waals surface area (Å²) in [6.07, 6.45) is 1.07. The van der Waals surface area contributed by atoms with Crippen LogP contribution >= 0.6 is 0 Å². The third-order valence-corrected chi connectivity index (χ3v) is 3.75. The molecule has 1 aliphatic heterocycles. The molecule has 1 heterocycles. The highest BCUT2D eigenvalue weighted by molar-refractivity contribution is 5.95. The SMILES string of the molecule is CC(=O)c1cccc(N2CCc3ccccc3C2)c1. The van der Waals surface area contributed by atoms with Gasteiger partial charge in [0.2, 0.25) is 0 Å². The minimum atomic E-state index is 0.124. The Morgan fingerprint density at radius 2 is 1.84 bits per heavy atom. The second kappa shape index (κ2) is 4.88. The van der Waals surface area contributed by atoms with E-state index in [1.165, 1.54) is 11.1 Å². The molecule has 0 radical (unpaired) electrons. The molecule has 2 nitrogen and oxygen atoms in total. The van der Waals surface area contributed by atoms with Crippen LogP contribution in [-0.2, 0) is 13.0 Å². The lowest BCUT2D eigenvalue weighted by atomic mass is 9.99. The first kappa shape index (κ1) is 12.0. The van der Waals surface area contributed by atoms with Crippen LogP contribution in [0.2, 0.25) is 0 Å². The first-order valence-corrected chi connectivity index (χ1v) is 6.67. The number of hydrogen-bond donors (Lipinski definition) is 0. The Bertz CT molecular complexity index is 618. The van der Waals surface area contributed by atoms with Gasteiger partial charge in [0.1, 0.15) is 0 Å².